The molecule has 1 heterocycles. The van der Waals surface area contributed by atoms with Crippen molar-refractivity contribution in [3.8, 4) is 0 Å². The summed E-state index contributed by atoms with van der Waals surface area (Å²) in [7, 11) is 0. The van der Waals surface area contributed by atoms with Crippen LogP contribution in [0.5, 0.6) is 0 Å². The summed E-state index contributed by atoms with van der Waals surface area (Å²) >= 11 is 0. The van der Waals surface area contributed by atoms with Gasteiger partial charge in [-0.25, -0.2) is 4.98 Å². The number of carbonyl (C=O) groups excluding carboxylic acids is 1. The lowest BCUT2D eigenvalue weighted by Gasteiger charge is -2.17. The number of hydrogen-bond acceptors (Lipinski definition) is 4. The molecule has 0 spiro atoms. The second-order valence-corrected chi connectivity index (χ2v) is 4.01. The number of aromatic nitrogens is 2. The molecular weight excluding hydrogens is 206 g/mol. The highest BCUT2D eigenvalue weighted by atomic mass is 16.5. The van der Waals surface area contributed by atoms with Gasteiger partial charge in [0, 0.05) is 25.0 Å². The minimum atomic E-state index is -0.262. The molecule has 88 valence electrons. The van der Waals surface area contributed by atoms with Gasteiger partial charge in [-0.1, -0.05) is 0 Å². The van der Waals surface area contributed by atoms with Crippen molar-refractivity contribution in [1.29, 1.82) is 0 Å². The SMILES string of the molecule is CCOC(=O)C(Cn1ccnc1)NC1CC1. The first-order valence-corrected chi connectivity index (χ1v) is 5.68. The molecule has 1 fully saturated rings. The van der Waals surface area contributed by atoms with Gasteiger partial charge in [0.25, 0.3) is 0 Å². The number of imidazole rings is 1. The molecule has 1 aromatic heterocycles. The Bertz CT molecular complexity index is 333. The second kappa shape index (κ2) is 5.12. The first-order chi connectivity index (χ1) is 7.79. The normalized spacial score (nSPS) is 17.1. The molecule has 0 aromatic carbocycles. The van der Waals surface area contributed by atoms with Gasteiger partial charge in [-0.05, 0) is 19.8 Å². The predicted octanol–water partition coefficient (Wildman–Crippen LogP) is 0.567. The fraction of sp³-hybridized carbons (Fsp3) is 0.636. The highest BCUT2D eigenvalue weighted by Gasteiger charge is 2.29. The molecule has 1 atom stereocenters. The van der Waals surface area contributed by atoms with Crippen LogP contribution in [0, 0.1) is 0 Å². The van der Waals surface area contributed by atoms with Gasteiger partial charge < -0.3 is 14.6 Å². The number of ether oxygens (including phenoxy) is 1. The average Bonchev–Trinajstić information content (AvgIpc) is 2.92. The fourth-order valence-electron chi connectivity index (χ4n) is 1.58. The van der Waals surface area contributed by atoms with Crippen molar-refractivity contribution in [2.24, 2.45) is 0 Å². The molecule has 0 aliphatic heterocycles. The summed E-state index contributed by atoms with van der Waals surface area (Å²) in [6.07, 6.45) is 7.57. The van der Waals surface area contributed by atoms with E-state index in [1.54, 1.807) is 12.5 Å². The van der Waals surface area contributed by atoms with Crippen LogP contribution in [-0.2, 0) is 16.1 Å². The smallest absolute Gasteiger partial charge is 0.324 e. The molecule has 1 saturated carbocycles. The molecule has 0 bridgehead atoms. The molecule has 5 heteroatoms. The number of rotatable bonds is 6. The Morgan fingerprint density at radius 1 is 1.69 bits per heavy atom. The van der Waals surface area contributed by atoms with E-state index in [0.717, 1.165) is 12.8 Å². The third kappa shape index (κ3) is 3.06. The molecule has 5 nitrogen and oxygen atoms in total. The summed E-state index contributed by atoms with van der Waals surface area (Å²) in [6.45, 7) is 2.82. The van der Waals surface area contributed by atoms with E-state index in [1.807, 2.05) is 17.7 Å². The van der Waals surface area contributed by atoms with Gasteiger partial charge >= 0.3 is 5.97 Å². The maximum atomic E-state index is 11.7. The first-order valence-electron chi connectivity index (χ1n) is 5.68. The number of esters is 1. The first kappa shape index (κ1) is 11.1. The van der Waals surface area contributed by atoms with Crippen LogP contribution >= 0.6 is 0 Å². The molecule has 0 radical (unpaired) electrons. The number of carbonyl (C=O) groups is 1. The van der Waals surface area contributed by atoms with Crippen molar-refractivity contribution in [1.82, 2.24) is 14.9 Å². The largest absolute Gasteiger partial charge is 0.465 e. The van der Waals surface area contributed by atoms with E-state index in [2.05, 4.69) is 10.3 Å². The van der Waals surface area contributed by atoms with E-state index < -0.39 is 0 Å². The van der Waals surface area contributed by atoms with Crippen LogP contribution in [0.1, 0.15) is 19.8 Å². The van der Waals surface area contributed by atoms with E-state index in [-0.39, 0.29) is 12.0 Å². The monoisotopic (exact) mass is 223 g/mol. The predicted molar refractivity (Wildman–Crippen MR) is 58.8 cm³/mol. The van der Waals surface area contributed by atoms with Gasteiger partial charge in [-0.15, -0.1) is 0 Å². The summed E-state index contributed by atoms with van der Waals surface area (Å²) in [4.78, 5) is 15.7. The number of nitrogens with zero attached hydrogens (tertiary/aromatic N) is 2. The molecule has 0 amide bonds. The van der Waals surface area contributed by atoms with E-state index >= 15 is 0 Å². The maximum absolute atomic E-state index is 11.7. The zero-order valence-corrected chi connectivity index (χ0v) is 9.43. The van der Waals surface area contributed by atoms with Crippen LogP contribution in [0.3, 0.4) is 0 Å². The van der Waals surface area contributed by atoms with Gasteiger partial charge in [0.05, 0.1) is 12.9 Å². The van der Waals surface area contributed by atoms with Crippen molar-refractivity contribution in [3.05, 3.63) is 18.7 Å². The van der Waals surface area contributed by atoms with Gasteiger partial charge in [0.1, 0.15) is 6.04 Å². The average molecular weight is 223 g/mol. The van der Waals surface area contributed by atoms with Crippen LogP contribution in [0.2, 0.25) is 0 Å². The van der Waals surface area contributed by atoms with Crippen molar-refractivity contribution in [3.63, 3.8) is 0 Å². The molecular formula is C11H17N3O2. The molecule has 16 heavy (non-hydrogen) atoms. The quantitative estimate of drug-likeness (QED) is 0.716. The van der Waals surface area contributed by atoms with Gasteiger partial charge in [-0.3, -0.25) is 4.79 Å². The Hall–Kier alpha value is -1.36. The third-order valence-corrected chi connectivity index (χ3v) is 2.54. The lowest BCUT2D eigenvalue weighted by Crippen LogP contribution is -2.42. The van der Waals surface area contributed by atoms with Gasteiger partial charge in [-0.2, -0.15) is 0 Å². The maximum Gasteiger partial charge on any atom is 0.324 e. The van der Waals surface area contributed by atoms with Crippen LogP contribution < -0.4 is 5.32 Å². The van der Waals surface area contributed by atoms with Crippen molar-refractivity contribution in [2.45, 2.75) is 38.4 Å². The van der Waals surface area contributed by atoms with E-state index in [4.69, 9.17) is 4.74 Å². The minimum Gasteiger partial charge on any atom is -0.465 e. The fourth-order valence-corrected chi connectivity index (χ4v) is 1.58. The Balaban J connectivity index is 1.92. The van der Waals surface area contributed by atoms with Crippen molar-refractivity contribution < 1.29 is 9.53 Å². The lowest BCUT2D eigenvalue weighted by molar-refractivity contribution is -0.146. The number of hydrogen-bond donors (Lipinski definition) is 1. The molecule has 1 aliphatic rings. The van der Waals surface area contributed by atoms with Crippen molar-refractivity contribution >= 4 is 5.97 Å². The van der Waals surface area contributed by atoms with E-state index in [1.165, 1.54) is 0 Å². The van der Waals surface area contributed by atoms with Crippen LogP contribution in [0.25, 0.3) is 0 Å². The topological polar surface area (TPSA) is 56.2 Å². The standard InChI is InChI=1S/C11H17N3O2/c1-2-16-11(15)10(13-9-3-4-9)7-14-6-5-12-8-14/h5-6,8-10,13H,2-4,7H2,1H3. The summed E-state index contributed by atoms with van der Waals surface area (Å²) in [5, 5.41) is 3.29. The molecule has 0 saturated heterocycles. The molecule has 1 N–H and O–H groups in total. The highest BCUT2D eigenvalue weighted by molar-refractivity contribution is 5.75. The Labute approximate surface area is 94.8 Å². The third-order valence-electron chi connectivity index (χ3n) is 2.54. The second-order valence-electron chi connectivity index (χ2n) is 4.01. The van der Waals surface area contributed by atoms with E-state index in [9.17, 15) is 4.79 Å². The van der Waals surface area contributed by atoms with Crippen LogP contribution in [-0.4, -0.2) is 34.2 Å². The molecule has 1 aromatic rings. The highest BCUT2D eigenvalue weighted by Crippen LogP contribution is 2.20. The summed E-state index contributed by atoms with van der Waals surface area (Å²) in [6, 6.07) is 0.222. The van der Waals surface area contributed by atoms with E-state index in [0.29, 0.717) is 19.2 Å². The molecule has 1 unspecified atom stereocenters. The Kier molecular flexibility index (Phi) is 3.56. The zero-order chi connectivity index (χ0) is 11.4. The Morgan fingerprint density at radius 3 is 3.06 bits per heavy atom. The van der Waals surface area contributed by atoms with Crippen LogP contribution in [0.15, 0.2) is 18.7 Å². The van der Waals surface area contributed by atoms with Gasteiger partial charge in [0.15, 0.2) is 0 Å². The summed E-state index contributed by atoms with van der Waals surface area (Å²) in [5.74, 6) is -0.178. The lowest BCUT2D eigenvalue weighted by atomic mass is 10.3. The number of nitrogens with one attached hydrogen (secondary N) is 1. The minimum absolute atomic E-state index is 0.178. The molecule has 1 aliphatic carbocycles. The Morgan fingerprint density at radius 2 is 2.50 bits per heavy atom. The van der Waals surface area contributed by atoms with Gasteiger partial charge in [0.2, 0.25) is 0 Å². The summed E-state index contributed by atoms with van der Waals surface area (Å²) < 4.78 is 6.93. The zero-order valence-electron chi connectivity index (χ0n) is 9.43. The van der Waals surface area contributed by atoms with Crippen molar-refractivity contribution in [2.75, 3.05) is 6.61 Å². The van der Waals surface area contributed by atoms with Crippen LogP contribution in [0.4, 0.5) is 0 Å². The summed E-state index contributed by atoms with van der Waals surface area (Å²) in [5.41, 5.74) is 0. The molecule has 2 rings (SSSR count).